The van der Waals surface area contributed by atoms with Crippen molar-refractivity contribution in [3.8, 4) is 5.75 Å². The summed E-state index contributed by atoms with van der Waals surface area (Å²) in [4.78, 5) is 11.5. The molecule has 0 atom stereocenters. The number of ether oxygens (including phenoxy) is 1. The summed E-state index contributed by atoms with van der Waals surface area (Å²) in [6, 6.07) is 3.50. The number of carbonyl (C=O) groups excluding carboxylic acids is 1. The maximum absolute atomic E-state index is 13.2. The Labute approximate surface area is 110 Å². The number of nitrogens with one attached hydrogen (secondary N) is 2. The molecule has 1 aliphatic rings. The summed E-state index contributed by atoms with van der Waals surface area (Å²) < 4.78 is 18.7. The molecule has 0 saturated heterocycles. The van der Waals surface area contributed by atoms with Crippen LogP contribution in [0.4, 0.5) is 14.9 Å². The molecule has 2 rings (SSSR count). The third-order valence-electron chi connectivity index (χ3n) is 2.76. The first-order valence-electron chi connectivity index (χ1n) is 6.27. The van der Waals surface area contributed by atoms with E-state index in [1.165, 1.54) is 18.2 Å². The summed E-state index contributed by atoms with van der Waals surface area (Å²) in [6.07, 6.45) is 2.27. The van der Waals surface area contributed by atoms with Crippen LogP contribution in [0.15, 0.2) is 18.2 Å². The SMILES string of the molecule is O=C(NCCO)Nc1ccc(F)cc1OCC1CC1. The predicted octanol–water partition coefficient (Wildman–Crippen LogP) is 1.73. The normalized spacial score (nSPS) is 14.0. The Kier molecular flexibility index (Phi) is 4.57. The van der Waals surface area contributed by atoms with E-state index in [1.54, 1.807) is 0 Å². The van der Waals surface area contributed by atoms with Crippen LogP contribution in [0.25, 0.3) is 0 Å². The van der Waals surface area contributed by atoms with Crippen LogP contribution in [0.2, 0.25) is 0 Å². The first-order chi connectivity index (χ1) is 9.19. The standard InChI is InChI=1S/C13H17FN2O3/c14-10-3-4-11(16-13(18)15-5-6-17)12(7-10)19-8-9-1-2-9/h3-4,7,9,17H,1-2,5-6,8H2,(H2,15,16,18). The molecular formula is C13H17FN2O3. The summed E-state index contributed by atoms with van der Waals surface area (Å²) >= 11 is 0. The van der Waals surface area contributed by atoms with E-state index in [4.69, 9.17) is 9.84 Å². The van der Waals surface area contributed by atoms with E-state index in [1.807, 2.05) is 0 Å². The molecule has 1 aromatic rings. The molecular weight excluding hydrogens is 251 g/mol. The van der Waals surface area contributed by atoms with Crippen LogP contribution in [-0.4, -0.2) is 30.9 Å². The van der Waals surface area contributed by atoms with E-state index in [0.717, 1.165) is 12.8 Å². The second-order valence-electron chi connectivity index (χ2n) is 4.50. The molecule has 0 spiro atoms. The fourth-order valence-corrected chi connectivity index (χ4v) is 1.55. The zero-order valence-corrected chi connectivity index (χ0v) is 10.5. The lowest BCUT2D eigenvalue weighted by Gasteiger charge is -2.12. The average Bonchev–Trinajstić information content (AvgIpc) is 3.20. The minimum atomic E-state index is -0.461. The average molecular weight is 268 g/mol. The van der Waals surface area contributed by atoms with E-state index in [9.17, 15) is 9.18 Å². The molecule has 1 saturated carbocycles. The van der Waals surface area contributed by atoms with Gasteiger partial charge in [0.25, 0.3) is 0 Å². The fourth-order valence-electron chi connectivity index (χ4n) is 1.55. The molecule has 1 fully saturated rings. The number of hydrogen-bond acceptors (Lipinski definition) is 3. The molecule has 5 nitrogen and oxygen atoms in total. The van der Waals surface area contributed by atoms with Gasteiger partial charge in [-0.05, 0) is 30.9 Å². The van der Waals surface area contributed by atoms with Crippen LogP contribution in [0.1, 0.15) is 12.8 Å². The van der Waals surface area contributed by atoms with E-state index in [-0.39, 0.29) is 13.2 Å². The van der Waals surface area contributed by atoms with Gasteiger partial charge in [-0.25, -0.2) is 9.18 Å². The number of urea groups is 1. The van der Waals surface area contributed by atoms with Gasteiger partial charge in [0.15, 0.2) is 0 Å². The van der Waals surface area contributed by atoms with Crippen LogP contribution >= 0.6 is 0 Å². The third-order valence-corrected chi connectivity index (χ3v) is 2.76. The number of aliphatic hydroxyl groups excluding tert-OH is 1. The Bertz CT molecular complexity index is 450. The van der Waals surface area contributed by atoms with Gasteiger partial charge in [-0.1, -0.05) is 0 Å². The second-order valence-corrected chi connectivity index (χ2v) is 4.50. The van der Waals surface area contributed by atoms with Crippen LogP contribution in [0, 0.1) is 11.7 Å². The highest BCUT2D eigenvalue weighted by Gasteiger charge is 2.22. The molecule has 6 heteroatoms. The van der Waals surface area contributed by atoms with Crippen molar-refractivity contribution < 1.29 is 19.0 Å². The summed E-state index contributed by atoms with van der Waals surface area (Å²) in [5, 5.41) is 13.6. The topological polar surface area (TPSA) is 70.6 Å². The van der Waals surface area contributed by atoms with Crippen LogP contribution in [-0.2, 0) is 0 Å². The van der Waals surface area contributed by atoms with Gasteiger partial charge in [-0.15, -0.1) is 0 Å². The summed E-state index contributed by atoms with van der Waals surface area (Å²) in [5.41, 5.74) is 0.414. The molecule has 3 N–H and O–H groups in total. The van der Waals surface area contributed by atoms with Crippen molar-refractivity contribution in [3.05, 3.63) is 24.0 Å². The minimum absolute atomic E-state index is 0.137. The number of aliphatic hydroxyl groups is 1. The highest BCUT2D eigenvalue weighted by Crippen LogP contribution is 2.32. The van der Waals surface area contributed by atoms with E-state index >= 15 is 0 Å². The summed E-state index contributed by atoms with van der Waals surface area (Å²) in [7, 11) is 0. The molecule has 1 aromatic carbocycles. The summed E-state index contributed by atoms with van der Waals surface area (Å²) in [5.74, 6) is 0.456. The summed E-state index contributed by atoms with van der Waals surface area (Å²) in [6.45, 7) is 0.559. The van der Waals surface area contributed by atoms with Crippen LogP contribution in [0.3, 0.4) is 0 Å². The van der Waals surface area contributed by atoms with Crippen molar-refractivity contribution in [2.75, 3.05) is 25.1 Å². The van der Waals surface area contributed by atoms with Gasteiger partial charge in [0.05, 0.1) is 18.9 Å². The van der Waals surface area contributed by atoms with Gasteiger partial charge in [0.1, 0.15) is 11.6 Å². The first kappa shape index (κ1) is 13.6. The van der Waals surface area contributed by atoms with Crippen LogP contribution in [0.5, 0.6) is 5.75 Å². The third kappa shape index (κ3) is 4.40. The monoisotopic (exact) mass is 268 g/mol. The Hall–Kier alpha value is -1.82. The van der Waals surface area contributed by atoms with Crippen LogP contribution < -0.4 is 15.4 Å². The Morgan fingerprint density at radius 2 is 2.26 bits per heavy atom. The van der Waals surface area contributed by atoms with Crippen molar-refractivity contribution in [2.24, 2.45) is 5.92 Å². The van der Waals surface area contributed by atoms with E-state index in [2.05, 4.69) is 10.6 Å². The van der Waals surface area contributed by atoms with Gasteiger partial charge in [0.2, 0.25) is 0 Å². The molecule has 0 unspecified atom stereocenters. The number of hydrogen-bond donors (Lipinski definition) is 3. The fraction of sp³-hybridized carbons (Fsp3) is 0.462. The van der Waals surface area contributed by atoms with Gasteiger partial charge >= 0.3 is 6.03 Å². The smallest absolute Gasteiger partial charge is 0.319 e. The predicted molar refractivity (Wildman–Crippen MR) is 68.7 cm³/mol. The molecule has 0 bridgehead atoms. The minimum Gasteiger partial charge on any atom is -0.491 e. The largest absolute Gasteiger partial charge is 0.491 e. The number of carbonyl (C=O) groups is 1. The van der Waals surface area contributed by atoms with Crippen molar-refractivity contribution in [1.29, 1.82) is 0 Å². The van der Waals surface area contributed by atoms with Gasteiger partial charge in [0, 0.05) is 12.6 Å². The molecule has 2 amide bonds. The lowest BCUT2D eigenvalue weighted by molar-refractivity contribution is 0.244. The zero-order chi connectivity index (χ0) is 13.7. The van der Waals surface area contributed by atoms with Gasteiger partial charge in [-0.3, -0.25) is 0 Å². The Morgan fingerprint density at radius 1 is 1.47 bits per heavy atom. The lowest BCUT2D eigenvalue weighted by Crippen LogP contribution is -2.31. The molecule has 1 aliphatic carbocycles. The van der Waals surface area contributed by atoms with Crippen molar-refractivity contribution >= 4 is 11.7 Å². The maximum Gasteiger partial charge on any atom is 0.319 e. The Morgan fingerprint density at radius 3 is 2.95 bits per heavy atom. The molecule has 0 heterocycles. The van der Waals surface area contributed by atoms with Crippen molar-refractivity contribution in [2.45, 2.75) is 12.8 Å². The molecule has 104 valence electrons. The Balaban J connectivity index is 1.98. The number of anilines is 1. The second kappa shape index (κ2) is 6.38. The molecule has 0 aliphatic heterocycles. The molecule has 0 radical (unpaired) electrons. The highest BCUT2D eigenvalue weighted by atomic mass is 19.1. The van der Waals surface area contributed by atoms with Crippen molar-refractivity contribution in [3.63, 3.8) is 0 Å². The number of halogens is 1. The van der Waals surface area contributed by atoms with Gasteiger partial charge < -0.3 is 20.5 Å². The quantitative estimate of drug-likeness (QED) is 0.735. The number of benzene rings is 1. The molecule has 0 aromatic heterocycles. The van der Waals surface area contributed by atoms with E-state index in [0.29, 0.717) is 24.0 Å². The lowest BCUT2D eigenvalue weighted by atomic mass is 10.3. The maximum atomic E-state index is 13.2. The van der Waals surface area contributed by atoms with Gasteiger partial charge in [-0.2, -0.15) is 0 Å². The van der Waals surface area contributed by atoms with Crippen molar-refractivity contribution in [1.82, 2.24) is 5.32 Å². The number of amides is 2. The first-order valence-corrected chi connectivity index (χ1v) is 6.27. The molecule has 19 heavy (non-hydrogen) atoms. The zero-order valence-electron chi connectivity index (χ0n) is 10.5. The highest BCUT2D eigenvalue weighted by molar-refractivity contribution is 5.90. The number of rotatable bonds is 6. The van der Waals surface area contributed by atoms with E-state index < -0.39 is 11.8 Å².